The molecule has 0 radical (unpaired) electrons. The minimum absolute atomic E-state index is 0.0442. The van der Waals surface area contributed by atoms with Gasteiger partial charge in [0.05, 0.1) is 23.5 Å². The number of halogens is 1. The van der Waals surface area contributed by atoms with Crippen molar-refractivity contribution in [3.05, 3.63) is 41.2 Å². The first-order valence-electron chi connectivity index (χ1n) is 4.21. The Kier molecular flexibility index (Phi) is 2.52. The largest absolute Gasteiger partial charge is 0.390 e. The van der Waals surface area contributed by atoms with Crippen molar-refractivity contribution in [3.63, 3.8) is 0 Å². The number of hydrogen-bond acceptors (Lipinski definition) is 2. The molecule has 0 amide bonds. The van der Waals surface area contributed by atoms with E-state index in [9.17, 15) is 0 Å². The van der Waals surface area contributed by atoms with Crippen LogP contribution in [0.5, 0.6) is 0 Å². The summed E-state index contributed by atoms with van der Waals surface area (Å²) in [6.45, 7) is -0.0442. The molecule has 1 aromatic heterocycles. The number of aromatic amines is 1. The number of imidazole rings is 1. The minimum atomic E-state index is -0.0442. The van der Waals surface area contributed by atoms with Crippen LogP contribution in [0.25, 0.3) is 11.4 Å². The molecule has 1 aromatic carbocycles. The summed E-state index contributed by atoms with van der Waals surface area (Å²) >= 11 is 5.99. The molecule has 0 aliphatic carbocycles. The van der Waals surface area contributed by atoms with Crippen molar-refractivity contribution < 1.29 is 5.11 Å². The predicted octanol–water partition coefficient (Wildman–Crippen LogP) is 2.22. The van der Waals surface area contributed by atoms with Crippen molar-refractivity contribution in [1.82, 2.24) is 9.97 Å². The SMILES string of the molecule is OCc1cnc(-c2ccccc2Cl)[nH]1. The van der Waals surface area contributed by atoms with Gasteiger partial charge in [0.15, 0.2) is 0 Å². The van der Waals surface area contributed by atoms with Gasteiger partial charge in [-0.1, -0.05) is 23.7 Å². The molecule has 72 valence electrons. The Hall–Kier alpha value is -1.32. The highest BCUT2D eigenvalue weighted by atomic mass is 35.5. The van der Waals surface area contributed by atoms with Gasteiger partial charge in [-0.2, -0.15) is 0 Å². The first kappa shape index (κ1) is 9.24. The quantitative estimate of drug-likeness (QED) is 0.795. The Labute approximate surface area is 86.4 Å². The van der Waals surface area contributed by atoms with Crippen molar-refractivity contribution in [2.45, 2.75) is 6.61 Å². The highest BCUT2D eigenvalue weighted by Crippen LogP contribution is 2.24. The molecule has 2 rings (SSSR count). The van der Waals surface area contributed by atoms with E-state index < -0.39 is 0 Å². The third-order valence-corrected chi connectivity index (χ3v) is 2.26. The number of hydrogen-bond donors (Lipinski definition) is 2. The molecule has 14 heavy (non-hydrogen) atoms. The van der Waals surface area contributed by atoms with Crippen LogP contribution in [0, 0.1) is 0 Å². The molecule has 0 atom stereocenters. The Balaban J connectivity index is 2.44. The molecule has 0 aliphatic heterocycles. The molecular formula is C10H9ClN2O. The van der Waals surface area contributed by atoms with Gasteiger partial charge in [0.25, 0.3) is 0 Å². The molecule has 4 heteroatoms. The van der Waals surface area contributed by atoms with Crippen LogP contribution in [0.1, 0.15) is 5.69 Å². The molecule has 0 bridgehead atoms. The van der Waals surface area contributed by atoms with Crippen molar-refractivity contribution >= 4 is 11.6 Å². The second-order valence-electron chi connectivity index (χ2n) is 2.90. The fourth-order valence-electron chi connectivity index (χ4n) is 1.23. The minimum Gasteiger partial charge on any atom is -0.390 e. The van der Waals surface area contributed by atoms with Crippen LogP contribution in [0.15, 0.2) is 30.5 Å². The number of benzene rings is 1. The topological polar surface area (TPSA) is 48.9 Å². The lowest BCUT2D eigenvalue weighted by Crippen LogP contribution is -1.84. The highest BCUT2D eigenvalue weighted by molar-refractivity contribution is 6.33. The Morgan fingerprint density at radius 2 is 2.14 bits per heavy atom. The summed E-state index contributed by atoms with van der Waals surface area (Å²) in [4.78, 5) is 7.09. The van der Waals surface area contributed by atoms with Crippen molar-refractivity contribution in [2.75, 3.05) is 0 Å². The van der Waals surface area contributed by atoms with Crippen LogP contribution in [-0.4, -0.2) is 15.1 Å². The van der Waals surface area contributed by atoms with E-state index in [-0.39, 0.29) is 6.61 Å². The van der Waals surface area contributed by atoms with Gasteiger partial charge in [-0.3, -0.25) is 0 Å². The molecule has 3 nitrogen and oxygen atoms in total. The van der Waals surface area contributed by atoms with E-state index in [0.29, 0.717) is 16.5 Å². The molecule has 0 aliphatic rings. The van der Waals surface area contributed by atoms with E-state index in [1.807, 2.05) is 18.2 Å². The normalized spacial score (nSPS) is 10.4. The predicted molar refractivity (Wildman–Crippen MR) is 55.0 cm³/mol. The lowest BCUT2D eigenvalue weighted by atomic mass is 10.2. The number of aromatic nitrogens is 2. The summed E-state index contributed by atoms with van der Waals surface area (Å²) in [7, 11) is 0. The third-order valence-electron chi connectivity index (χ3n) is 1.93. The Morgan fingerprint density at radius 1 is 1.36 bits per heavy atom. The van der Waals surface area contributed by atoms with Gasteiger partial charge < -0.3 is 10.1 Å². The summed E-state index contributed by atoms with van der Waals surface area (Å²) in [5.41, 5.74) is 1.52. The summed E-state index contributed by atoms with van der Waals surface area (Å²) in [6.07, 6.45) is 1.60. The van der Waals surface area contributed by atoms with Gasteiger partial charge in [0.2, 0.25) is 0 Å². The van der Waals surface area contributed by atoms with Crippen molar-refractivity contribution in [2.24, 2.45) is 0 Å². The van der Waals surface area contributed by atoms with Gasteiger partial charge in [-0.25, -0.2) is 4.98 Å². The van der Waals surface area contributed by atoms with Crippen LogP contribution < -0.4 is 0 Å². The maximum Gasteiger partial charge on any atom is 0.139 e. The molecule has 0 unspecified atom stereocenters. The van der Waals surface area contributed by atoms with Gasteiger partial charge in [0.1, 0.15) is 5.82 Å². The van der Waals surface area contributed by atoms with E-state index in [4.69, 9.17) is 16.7 Å². The molecule has 1 heterocycles. The lowest BCUT2D eigenvalue weighted by Gasteiger charge is -1.98. The second-order valence-corrected chi connectivity index (χ2v) is 3.30. The molecule has 0 saturated carbocycles. The van der Waals surface area contributed by atoms with Crippen LogP contribution in [0.3, 0.4) is 0 Å². The van der Waals surface area contributed by atoms with E-state index in [2.05, 4.69) is 9.97 Å². The Bertz CT molecular complexity index is 439. The van der Waals surface area contributed by atoms with E-state index in [1.54, 1.807) is 12.3 Å². The van der Waals surface area contributed by atoms with Crippen LogP contribution >= 0.6 is 11.6 Å². The smallest absolute Gasteiger partial charge is 0.139 e. The number of rotatable bonds is 2. The molecule has 0 saturated heterocycles. The summed E-state index contributed by atoms with van der Waals surface area (Å²) in [6, 6.07) is 7.43. The van der Waals surface area contributed by atoms with Crippen LogP contribution in [0.4, 0.5) is 0 Å². The fourth-order valence-corrected chi connectivity index (χ4v) is 1.45. The molecule has 0 fully saturated rings. The van der Waals surface area contributed by atoms with Gasteiger partial charge in [-0.15, -0.1) is 0 Å². The van der Waals surface area contributed by atoms with Gasteiger partial charge in [-0.05, 0) is 12.1 Å². The van der Waals surface area contributed by atoms with Gasteiger partial charge >= 0.3 is 0 Å². The van der Waals surface area contributed by atoms with Crippen LogP contribution in [0.2, 0.25) is 5.02 Å². The third kappa shape index (κ3) is 1.64. The summed E-state index contributed by atoms with van der Waals surface area (Å²) in [5, 5.41) is 9.51. The summed E-state index contributed by atoms with van der Waals surface area (Å²) in [5.74, 6) is 0.680. The first-order chi connectivity index (χ1) is 6.81. The zero-order chi connectivity index (χ0) is 9.97. The van der Waals surface area contributed by atoms with E-state index in [0.717, 1.165) is 5.56 Å². The maximum atomic E-state index is 8.86. The van der Waals surface area contributed by atoms with Crippen molar-refractivity contribution in [3.8, 4) is 11.4 Å². The average molecular weight is 209 g/mol. The summed E-state index contributed by atoms with van der Waals surface area (Å²) < 4.78 is 0. The Morgan fingerprint density at radius 3 is 2.79 bits per heavy atom. The van der Waals surface area contributed by atoms with Gasteiger partial charge in [0, 0.05) is 5.56 Å². The second kappa shape index (κ2) is 3.82. The molecule has 2 N–H and O–H groups in total. The van der Waals surface area contributed by atoms with E-state index in [1.165, 1.54) is 0 Å². The first-order valence-corrected chi connectivity index (χ1v) is 4.58. The number of H-pyrrole nitrogens is 1. The number of aliphatic hydroxyl groups excluding tert-OH is 1. The standard InChI is InChI=1S/C10H9ClN2O/c11-9-4-2-1-3-8(9)10-12-5-7(6-14)13-10/h1-5,14H,6H2,(H,12,13). The fraction of sp³-hybridized carbons (Fsp3) is 0.100. The molecular weight excluding hydrogens is 200 g/mol. The average Bonchev–Trinajstić information content (AvgIpc) is 2.67. The zero-order valence-electron chi connectivity index (χ0n) is 7.37. The van der Waals surface area contributed by atoms with Crippen molar-refractivity contribution in [1.29, 1.82) is 0 Å². The number of nitrogens with one attached hydrogen (secondary N) is 1. The van der Waals surface area contributed by atoms with E-state index >= 15 is 0 Å². The lowest BCUT2D eigenvalue weighted by molar-refractivity contribution is 0.277. The molecule has 2 aromatic rings. The number of aliphatic hydroxyl groups is 1. The van der Waals surface area contributed by atoms with Crippen LogP contribution in [-0.2, 0) is 6.61 Å². The monoisotopic (exact) mass is 208 g/mol. The highest BCUT2D eigenvalue weighted by Gasteiger charge is 2.05. The maximum absolute atomic E-state index is 8.86. The molecule has 0 spiro atoms. The number of nitrogens with zero attached hydrogens (tertiary/aromatic N) is 1. The zero-order valence-corrected chi connectivity index (χ0v) is 8.12.